The maximum absolute atomic E-state index is 4.27. The van der Waals surface area contributed by atoms with Crippen LogP contribution in [0.5, 0.6) is 0 Å². The lowest BCUT2D eigenvalue weighted by Crippen LogP contribution is -2.43. The predicted octanol–water partition coefficient (Wildman–Crippen LogP) is 2.03. The number of rotatable bonds is 8. The molecular weight excluding hydrogens is 268 g/mol. The molecule has 0 bridgehead atoms. The number of nitrogens with one attached hydrogen (secondary N) is 2. The van der Waals surface area contributed by atoms with Gasteiger partial charge in [-0.05, 0) is 56.7 Å². The van der Waals surface area contributed by atoms with E-state index < -0.39 is 0 Å². The van der Waals surface area contributed by atoms with Crippen LogP contribution in [-0.4, -0.2) is 62.6 Å². The summed E-state index contributed by atoms with van der Waals surface area (Å²) in [6.45, 7) is 7.99. The van der Waals surface area contributed by atoms with Crippen LogP contribution < -0.4 is 10.6 Å². The van der Waals surface area contributed by atoms with E-state index in [4.69, 9.17) is 0 Å². The highest BCUT2D eigenvalue weighted by molar-refractivity contribution is 7.98. The number of hydrogen-bond acceptors (Lipinski definition) is 3. The molecule has 0 aromatic rings. The molecule has 0 saturated carbocycles. The van der Waals surface area contributed by atoms with Gasteiger partial charge in [0.15, 0.2) is 5.96 Å². The fourth-order valence-corrected chi connectivity index (χ4v) is 2.91. The molecule has 0 amide bonds. The van der Waals surface area contributed by atoms with E-state index in [0.717, 1.165) is 31.5 Å². The minimum atomic E-state index is 0.912. The van der Waals surface area contributed by atoms with Gasteiger partial charge in [-0.1, -0.05) is 6.92 Å². The van der Waals surface area contributed by atoms with Gasteiger partial charge >= 0.3 is 0 Å². The van der Waals surface area contributed by atoms with Gasteiger partial charge in [0.1, 0.15) is 0 Å². The SMILES string of the molecule is CN=C(NCCCCSC)NCCN1CCC(C)CC1. The van der Waals surface area contributed by atoms with Gasteiger partial charge < -0.3 is 15.5 Å². The molecule has 2 N–H and O–H groups in total. The molecule has 4 nitrogen and oxygen atoms in total. The number of guanidine groups is 1. The summed E-state index contributed by atoms with van der Waals surface area (Å²) < 4.78 is 0. The highest BCUT2D eigenvalue weighted by Gasteiger charge is 2.14. The molecule has 5 heteroatoms. The quantitative estimate of drug-likeness (QED) is 0.409. The summed E-state index contributed by atoms with van der Waals surface area (Å²) >= 11 is 1.92. The summed E-state index contributed by atoms with van der Waals surface area (Å²) in [5.74, 6) is 3.11. The molecule has 0 aromatic heterocycles. The molecule has 0 unspecified atom stereocenters. The lowest BCUT2D eigenvalue weighted by Gasteiger charge is -2.30. The average molecular weight is 301 g/mol. The van der Waals surface area contributed by atoms with Crippen LogP contribution in [0.15, 0.2) is 4.99 Å². The Hall–Kier alpha value is -0.420. The number of aliphatic imine (C=N–C) groups is 1. The van der Waals surface area contributed by atoms with E-state index in [1.165, 1.54) is 44.5 Å². The lowest BCUT2D eigenvalue weighted by atomic mass is 9.99. The number of nitrogens with zero attached hydrogens (tertiary/aromatic N) is 2. The second-order valence-electron chi connectivity index (χ2n) is 5.65. The number of thioether (sulfide) groups is 1. The molecule has 1 aliphatic rings. The summed E-state index contributed by atoms with van der Waals surface area (Å²) in [4.78, 5) is 6.83. The predicted molar refractivity (Wildman–Crippen MR) is 91.8 cm³/mol. The van der Waals surface area contributed by atoms with Crippen LogP contribution in [0.1, 0.15) is 32.6 Å². The maximum Gasteiger partial charge on any atom is 0.191 e. The molecule has 118 valence electrons. The first-order valence-electron chi connectivity index (χ1n) is 7.92. The second-order valence-corrected chi connectivity index (χ2v) is 6.64. The standard InChI is InChI=1S/C15H32N4S/c1-14-6-10-19(11-7-14)12-9-18-15(16-2)17-8-4-5-13-20-3/h14H,4-13H2,1-3H3,(H2,16,17,18). The summed E-state index contributed by atoms with van der Waals surface area (Å²) in [6.07, 6.45) is 7.35. The molecular formula is C15H32N4S. The largest absolute Gasteiger partial charge is 0.356 e. The second kappa shape index (κ2) is 11.3. The Morgan fingerprint density at radius 1 is 1.20 bits per heavy atom. The van der Waals surface area contributed by atoms with Crippen molar-refractivity contribution < 1.29 is 0 Å². The van der Waals surface area contributed by atoms with E-state index in [1.54, 1.807) is 0 Å². The lowest BCUT2D eigenvalue weighted by molar-refractivity contribution is 0.195. The first kappa shape index (κ1) is 17.6. The summed E-state index contributed by atoms with van der Waals surface area (Å²) in [5.41, 5.74) is 0. The van der Waals surface area contributed by atoms with Gasteiger partial charge in [0.25, 0.3) is 0 Å². The zero-order chi connectivity index (χ0) is 14.6. The summed E-state index contributed by atoms with van der Waals surface area (Å²) in [5, 5.41) is 6.80. The van der Waals surface area contributed by atoms with E-state index in [1.807, 2.05) is 18.8 Å². The van der Waals surface area contributed by atoms with Gasteiger partial charge in [-0.25, -0.2) is 0 Å². The van der Waals surface area contributed by atoms with Crippen LogP contribution in [0, 0.1) is 5.92 Å². The number of hydrogen-bond donors (Lipinski definition) is 2. The average Bonchev–Trinajstić information content (AvgIpc) is 2.47. The fraction of sp³-hybridized carbons (Fsp3) is 0.933. The van der Waals surface area contributed by atoms with E-state index in [-0.39, 0.29) is 0 Å². The summed E-state index contributed by atoms with van der Waals surface area (Å²) in [7, 11) is 1.85. The van der Waals surface area contributed by atoms with E-state index in [2.05, 4.69) is 33.7 Å². The summed E-state index contributed by atoms with van der Waals surface area (Å²) in [6, 6.07) is 0. The number of likely N-dealkylation sites (tertiary alicyclic amines) is 1. The van der Waals surface area contributed by atoms with Crippen LogP contribution in [0.3, 0.4) is 0 Å². The molecule has 0 atom stereocenters. The molecule has 1 aliphatic heterocycles. The Morgan fingerprint density at radius 3 is 2.55 bits per heavy atom. The van der Waals surface area contributed by atoms with Crippen LogP contribution in [0.4, 0.5) is 0 Å². The van der Waals surface area contributed by atoms with Gasteiger partial charge in [0, 0.05) is 26.7 Å². The molecule has 1 saturated heterocycles. The topological polar surface area (TPSA) is 39.7 Å². The van der Waals surface area contributed by atoms with Crippen molar-refractivity contribution >= 4 is 17.7 Å². The zero-order valence-electron chi connectivity index (χ0n) is 13.5. The molecule has 1 rings (SSSR count). The van der Waals surface area contributed by atoms with Crippen molar-refractivity contribution in [1.29, 1.82) is 0 Å². The minimum Gasteiger partial charge on any atom is -0.356 e. The zero-order valence-corrected chi connectivity index (χ0v) is 14.3. The third-order valence-corrected chi connectivity index (χ3v) is 4.58. The van der Waals surface area contributed by atoms with E-state index >= 15 is 0 Å². The van der Waals surface area contributed by atoms with Crippen molar-refractivity contribution in [3.8, 4) is 0 Å². The Labute approximate surface area is 129 Å². The normalized spacial score (nSPS) is 18.2. The van der Waals surface area contributed by atoms with Crippen LogP contribution in [0.25, 0.3) is 0 Å². The minimum absolute atomic E-state index is 0.912. The van der Waals surface area contributed by atoms with Crippen molar-refractivity contribution in [3.63, 3.8) is 0 Å². The van der Waals surface area contributed by atoms with Crippen LogP contribution in [-0.2, 0) is 0 Å². The number of piperidine rings is 1. The molecule has 1 fully saturated rings. The first-order chi connectivity index (χ1) is 9.76. The highest BCUT2D eigenvalue weighted by Crippen LogP contribution is 2.14. The van der Waals surface area contributed by atoms with Crippen LogP contribution in [0.2, 0.25) is 0 Å². The Morgan fingerprint density at radius 2 is 1.90 bits per heavy atom. The third kappa shape index (κ3) is 8.00. The van der Waals surface area contributed by atoms with Crippen molar-refractivity contribution in [3.05, 3.63) is 0 Å². The Bertz CT molecular complexity index is 263. The molecule has 1 heterocycles. The van der Waals surface area contributed by atoms with Crippen molar-refractivity contribution in [2.24, 2.45) is 10.9 Å². The molecule has 0 aliphatic carbocycles. The maximum atomic E-state index is 4.27. The number of unbranched alkanes of at least 4 members (excludes halogenated alkanes) is 1. The van der Waals surface area contributed by atoms with Gasteiger partial charge in [-0.3, -0.25) is 4.99 Å². The van der Waals surface area contributed by atoms with Gasteiger partial charge in [0.05, 0.1) is 0 Å². The first-order valence-corrected chi connectivity index (χ1v) is 9.31. The van der Waals surface area contributed by atoms with E-state index in [0.29, 0.717) is 0 Å². The van der Waals surface area contributed by atoms with Crippen molar-refractivity contribution in [2.75, 3.05) is 51.8 Å². The van der Waals surface area contributed by atoms with Gasteiger partial charge in [-0.15, -0.1) is 0 Å². The van der Waals surface area contributed by atoms with Gasteiger partial charge in [0.2, 0.25) is 0 Å². The highest BCUT2D eigenvalue weighted by atomic mass is 32.2. The molecule has 0 spiro atoms. The monoisotopic (exact) mass is 300 g/mol. The van der Waals surface area contributed by atoms with Crippen molar-refractivity contribution in [1.82, 2.24) is 15.5 Å². The van der Waals surface area contributed by atoms with Crippen molar-refractivity contribution in [2.45, 2.75) is 32.6 Å². The van der Waals surface area contributed by atoms with Gasteiger partial charge in [-0.2, -0.15) is 11.8 Å². The molecule has 0 aromatic carbocycles. The Kier molecular flexibility index (Phi) is 9.93. The molecule has 20 heavy (non-hydrogen) atoms. The fourth-order valence-electron chi connectivity index (χ4n) is 2.42. The Balaban J connectivity index is 2.03. The smallest absolute Gasteiger partial charge is 0.191 e. The van der Waals surface area contributed by atoms with E-state index in [9.17, 15) is 0 Å². The third-order valence-electron chi connectivity index (χ3n) is 3.89. The van der Waals surface area contributed by atoms with Crippen LogP contribution >= 0.6 is 11.8 Å². The molecule has 0 radical (unpaired) electrons.